The molecule has 0 aliphatic carbocycles. The second kappa shape index (κ2) is 11.4. The molecule has 2 atom stereocenters. The maximum atomic E-state index is 13.2. The highest BCUT2D eigenvalue weighted by atomic mass is 32.1. The Labute approximate surface area is 211 Å². The van der Waals surface area contributed by atoms with Gasteiger partial charge < -0.3 is 15.7 Å². The van der Waals surface area contributed by atoms with E-state index in [2.05, 4.69) is 15.6 Å². The summed E-state index contributed by atoms with van der Waals surface area (Å²) in [6, 6.07) is 10.5. The number of carboxylic acid groups (broad SMARTS) is 1. The Bertz CT molecular complexity index is 1230. The molecule has 1 heterocycles. The minimum Gasteiger partial charge on any atom is -0.481 e. The van der Waals surface area contributed by atoms with E-state index in [1.807, 2.05) is 0 Å². The molecule has 0 radical (unpaired) electrons. The van der Waals surface area contributed by atoms with E-state index in [0.29, 0.717) is 16.9 Å². The molecule has 3 aromatic rings. The molecule has 7 nitrogen and oxygen atoms in total. The van der Waals surface area contributed by atoms with E-state index < -0.39 is 35.3 Å². The summed E-state index contributed by atoms with van der Waals surface area (Å²) in [6.07, 6.45) is 1.74. The second-order valence-electron chi connectivity index (χ2n) is 9.21. The quantitative estimate of drug-likeness (QED) is 0.370. The highest BCUT2D eigenvalue weighted by molar-refractivity contribution is 7.17. The van der Waals surface area contributed by atoms with Crippen LogP contribution in [0.3, 0.4) is 0 Å². The van der Waals surface area contributed by atoms with Crippen LogP contribution < -0.4 is 10.6 Å². The van der Waals surface area contributed by atoms with Crippen LogP contribution in [0.25, 0.3) is 10.4 Å². The fourth-order valence-corrected chi connectivity index (χ4v) is 4.43. The zero-order valence-electron chi connectivity index (χ0n) is 20.0. The molecule has 3 rings (SSSR count). The molecule has 1 aromatic heterocycles. The van der Waals surface area contributed by atoms with E-state index in [1.54, 1.807) is 38.1 Å². The number of carboxylic acids is 1. The van der Waals surface area contributed by atoms with E-state index in [4.69, 9.17) is 0 Å². The number of hydrogen-bond donors (Lipinski definition) is 3. The Balaban J connectivity index is 1.73. The lowest BCUT2D eigenvalue weighted by Gasteiger charge is -2.30. The Morgan fingerprint density at radius 3 is 2.19 bits per heavy atom. The minimum atomic E-state index is -1.13. The van der Waals surface area contributed by atoms with E-state index in [0.717, 1.165) is 16.9 Å². The van der Waals surface area contributed by atoms with Crippen LogP contribution in [0.1, 0.15) is 42.6 Å². The summed E-state index contributed by atoms with van der Waals surface area (Å²) in [5.41, 5.74) is 0.725. The van der Waals surface area contributed by atoms with Crippen LogP contribution in [0.5, 0.6) is 0 Å². The standard InChI is InChI=1S/C26H27F2N3O4S/c1-15(25(34)35)12-20(22(32)31-26(2,3)13-16-4-8-18(27)9-5-16)30-23(33)24-29-14-21(36-24)17-6-10-19(28)11-7-17/h4-11,14-15,20H,12-13H2,1-3H3,(H,30,33)(H,31,32)(H,34,35)/t15-,20-/m0/s1. The summed E-state index contributed by atoms with van der Waals surface area (Å²) in [7, 11) is 0. The van der Waals surface area contributed by atoms with Crippen molar-refractivity contribution in [1.29, 1.82) is 0 Å². The smallest absolute Gasteiger partial charge is 0.306 e. The van der Waals surface area contributed by atoms with Crippen LogP contribution in [0, 0.1) is 17.6 Å². The van der Waals surface area contributed by atoms with Crippen molar-refractivity contribution in [3.63, 3.8) is 0 Å². The molecule has 0 fully saturated rings. The Hall–Kier alpha value is -3.66. The van der Waals surface area contributed by atoms with Crippen molar-refractivity contribution >= 4 is 29.1 Å². The Morgan fingerprint density at radius 1 is 1.03 bits per heavy atom. The van der Waals surface area contributed by atoms with Gasteiger partial charge in [-0.1, -0.05) is 31.2 Å². The fourth-order valence-electron chi connectivity index (χ4n) is 3.61. The summed E-state index contributed by atoms with van der Waals surface area (Å²) in [5, 5.41) is 14.9. The van der Waals surface area contributed by atoms with Crippen molar-refractivity contribution < 1.29 is 28.3 Å². The maximum Gasteiger partial charge on any atom is 0.306 e. The molecule has 0 saturated heterocycles. The zero-order chi connectivity index (χ0) is 26.5. The van der Waals surface area contributed by atoms with E-state index in [9.17, 15) is 28.3 Å². The summed E-state index contributed by atoms with van der Waals surface area (Å²) in [6.45, 7) is 5.02. The van der Waals surface area contributed by atoms with Gasteiger partial charge in [0.05, 0.1) is 10.8 Å². The lowest BCUT2D eigenvalue weighted by Crippen LogP contribution is -2.54. The van der Waals surface area contributed by atoms with Crippen LogP contribution in [0.2, 0.25) is 0 Å². The molecule has 3 N–H and O–H groups in total. The monoisotopic (exact) mass is 515 g/mol. The number of benzene rings is 2. The third-order valence-electron chi connectivity index (χ3n) is 5.48. The molecule has 0 aliphatic heterocycles. The number of rotatable bonds is 10. The van der Waals surface area contributed by atoms with Crippen molar-refractivity contribution in [2.45, 2.75) is 45.2 Å². The maximum absolute atomic E-state index is 13.2. The van der Waals surface area contributed by atoms with Crippen molar-refractivity contribution in [3.8, 4) is 10.4 Å². The van der Waals surface area contributed by atoms with E-state index >= 15 is 0 Å². The number of aromatic nitrogens is 1. The lowest BCUT2D eigenvalue weighted by atomic mass is 9.93. The molecule has 0 saturated carbocycles. The van der Waals surface area contributed by atoms with Gasteiger partial charge in [0, 0.05) is 11.7 Å². The summed E-state index contributed by atoms with van der Waals surface area (Å²) < 4.78 is 26.4. The number of nitrogens with one attached hydrogen (secondary N) is 2. The molecule has 10 heteroatoms. The SMILES string of the molecule is C[C@@H](C[C@H](NC(=O)c1ncc(-c2ccc(F)cc2)s1)C(=O)NC(C)(C)Cc1ccc(F)cc1)C(=O)O. The molecular formula is C26H27F2N3O4S. The average Bonchev–Trinajstić information content (AvgIpc) is 3.30. The van der Waals surface area contributed by atoms with Gasteiger partial charge in [0.2, 0.25) is 5.91 Å². The molecule has 0 bridgehead atoms. The summed E-state index contributed by atoms with van der Waals surface area (Å²) in [5.74, 6) is -3.91. The molecular weight excluding hydrogens is 488 g/mol. The number of aliphatic carboxylic acids is 1. The molecule has 0 aliphatic rings. The highest BCUT2D eigenvalue weighted by Crippen LogP contribution is 2.26. The van der Waals surface area contributed by atoms with Crippen LogP contribution in [-0.4, -0.2) is 39.5 Å². The third kappa shape index (κ3) is 7.42. The van der Waals surface area contributed by atoms with Gasteiger partial charge in [-0.2, -0.15) is 0 Å². The number of carbonyl (C=O) groups excluding carboxylic acids is 2. The lowest BCUT2D eigenvalue weighted by molar-refractivity contribution is -0.141. The number of halogens is 2. The number of carbonyl (C=O) groups is 3. The number of nitrogens with zero attached hydrogens (tertiary/aromatic N) is 1. The van der Waals surface area contributed by atoms with Gasteiger partial charge in [-0.25, -0.2) is 13.8 Å². The van der Waals surface area contributed by atoms with Crippen molar-refractivity contribution in [3.05, 3.63) is 76.9 Å². The van der Waals surface area contributed by atoms with E-state index in [-0.39, 0.29) is 23.1 Å². The first-order valence-electron chi connectivity index (χ1n) is 11.3. The average molecular weight is 516 g/mol. The van der Waals surface area contributed by atoms with Gasteiger partial charge in [0.25, 0.3) is 5.91 Å². The van der Waals surface area contributed by atoms with Gasteiger partial charge in [0.1, 0.15) is 17.7 Å². The molecule has 36 heavy (non-hydrogen) atoms. The number of amides is 2. The van der Waals surface area contributed by atoms with Crippen LogP contribution in [0.15, 0.2) is 54.7 Å². The normalized spacial score (nSPS) is 13.0. The molecule has 190 valence electrons. The van der Waals surface area contributed by atoms with Gasteiger partial charge in [-0.15, -0.1) is 11.3 Å². The van der Waals surface area contributed by atoms with Crippen LogP contribution in [0.4, 0.5) is 8.78 Å². The first-order chi connectivity index (χ1) is 16.9. The van der Waals surface area contributed by atoms with Gasteiger partial charge in [-0.05, 0) is 62.1 Å². The largest absolute Gasteiger partial charge is 0.481 e. The minimum absolute atomic E-state index is 0.0840. The predicted octanol–water partition coefficient (Wildman–Crippen LogP) is 4.44. The van der Waals surface area contributed by atoms with Crippen LogP contribution in [-0.2, 0) is 16.0 Å². The first kappa shape index (κ1) is 26.9. The van der Waals surface area contributed by atoms with Crippen molar-refractivity contribution in [2.75, 3.05) is 0 Å². The number of thiazole rings is 1. The van der Waals surface area contributed by atoms with Crippen molar-refractivity contribution in [1.82, 2.24) is 15.6 Å². The fraction of sp³-hybridized carbons (Fsp3) is 0.308. The second-order valence-corrected chi connectivity index (χ2v) is 10.2. The molecule has 0 unspecified atom stereocenters. The van der Waals surface area contributed by atoms with Crippen molar-refractivity contribution in [2.24, 2.45) is 5.92 Å². The third-order valence-corrected chi connectivity index (χ3v) is 6.53. The molecule has 2 aromatic carbocycles. The predicted molar refractivity (Wildman–Crippen MR) is 133 cm³/mol. The molecule has 0 spiro atoms. The van der Waals surface area contributed by atoms with Gasteiger partial charge in [-0.3, -0.25) is 14.4 Å². The number of hydrogen-bond acceptors (Lipinski definition) is 5. The Morgan fingerprint density at radius 2 is 1.61 bits per heavy atom. The Kier molecular flexibility index (Phi) is 8.52. The zero-order valence-corrected chi connectivity index (χ0v) is 20.9. The van der Waals surface area contributed by atoms with Gasteiger partial charge >= 0.3 is 5.97 Å². The van der Waals surface area contributed by atoms with Gasteiger partial charge in [0.15, 0.2) is 5.01 Å². The topological polar surface area (TPSA) is 108 Å². The van der Waals surface area contributed by atoms with Crippen LogP contribution >= 0.6 is 11.3 Å². The van der Waals surface area contributed by atoms with E-state index in [1.165, 1.54) is 37.4 Å². The highest BCUT2D eigenvalue weighted by Gasteiger charge is 2.31. The molecule has 2 amide bonds. The first-order valence-corrected chi connectivity index (χ1v) is 12.1. The summed E-state index contributed by atoms with van der Waals surface area (Å²) >= 11 is 1.07. The summed E-state index contributed by atoms with van der Waals surface area (Å²) in [4.78, 5) is 42.3.